The fourth-order valence-electron chi connectivity index (χ4n) is 1.20. The van der Waals surface area contributed by atoms with Crippen LogP contribution in [0.15, 0.2) is 41.1 Å². The van der Waals surface area contributed by atoms with Crippen LogP contribution >= 0.6 is 12.4 Å². The Morgan fingerprint density at radius 2 is 1.74 bits per heavy atom. The summed E-state index contributed by atoms with van der Waals surface area (Å²) in [5.41, 5.74) is 6.05. The smallest absolute Gasteiger partial charge is 0.289 e. The van der Waals surface area contributed by atoms with Crippen LogP contribution < -0.4 is 5.73 Å². The van der Waals surface area contributed by atoms with Gasteiger partial charge >= 0.3 is 0 Å². The molecule has 2 N–H and O–H groups in total. The molecular weight excluding hydrogens is 303 g/mol. The highest BCUT2D eigenvalue weighted by Gasteiger charge is 2.24. The van der Waals surface area contributed by atoms with E-state index in [-0.39, 0.29) is 23.4 Å². The summed E-state index contributed by atoms with van der Waals surface area (Å²) in [4.78, 5) is -0.140. The number of hydrogen-bond donors (Lipinski definition) is 1. The minimum Gasteiger partial charge on any atom is -0.312 e. The van der Waals surface area contributed by atoms with Crippen molar-refractivity contribution in [3.05, 3.63) is 41.7 Å². The van der Waals surface area contributed by atoms with E-state index in [4.69, 9.17) is 5.73 Å². The minimum atomic E-state index is -4.06. The normalized spacial score (nSPS) is 14.1. The first-order valence-electron chi connectivity index (χ1n) is 4.96. The van der Waals surface area contributed by atoms with Crippen molar-refractivity contribution in [1.82, 2.24) is 0 Å². The highest BCUT2D eigenvalue weighted by atomic mass is 35.5. The van der Waals surface area contributed by atoms with Crippen molar-refractivity contribution in [2.45, 2.75) is 23.6 Å². The molecule has 0 aromatic heterocycles. The lowest BCUT2D eigenvalue weighted by Crippen LogP contribution is -2.29. The Labute approximate surface area is 115 Å². The first-order valence-corrected chi connectivity index (χ1v) is 6.51. The molecule has 1 aromatic carbocycles. The quantitative estimate of drug-likeness (QED) is 0.929. The summed E-state index contributed by atoms with van der Waals surface area (Å²) < 4.78 is 60.2. The van der Waals surface area contributed by atoms with E-state index in [0.717, 1.165) is 5.56 Å². The molecule has 3 nitrogen and oxygen atoms in total. The zero-order valence-electron chi connectivity index (χ0n) is 9.89. The Morgan fingerprint density at radius 3 is 2.16 bits per heavy atom. The van der Waals surface area contributed by atoms with Crippen LogP contribution in [-0.4, -0.2) is 20.2 Å². The summed E-state index contributed by atoms with van der Waals surface area (Å²) in [6.45, 7) is 1.76. The summed E-state index contributed by atoms with van der Waals surface area (Å²) in [6.07, 6.45) is -3.16. The van der Waals surface area contributed by atoms with E-state index in [9.17, 15) is 21.6 Å². The number of hydrogen-bond acceptors (Lipinski definition) is 3. The Balaban J connectivity index is 0.00000324. The van der Waals surface area contributed by atoms with E-state index in [0.29, 0.717) is 0 Å². The van der Waals surface area contributed by atoms with Gasteiger partial charge < -0.3 is 5.73 Å². The van der Waals surface area contributed by atoms with Crippen molar-refractivity contribution < 1.29 is 21.6 Å². The molecule has 0 spiro atoms. The molecule has 0 saturated heterocycles. The maximum Gasteiger partial charge on any atom is 0.289 e. The Morgan fingerprint density at radius 1 is 1.26 bits per heavy atom. The average Bonchev–Trinajstić information content (AvgIpc) is 2.29. The molecule has 8 heteroatoms. The molecule has 1 rings (SSSR count). The maximum atomic E-state index is 12.7. The third-order valence-electron chi connectivity index (χ3n) is 2.24. The van der Waals surface area contributed by atoms with E-state index in [2.05, 4.69) is 0 Å². The van der Waals surface area contributed by atoms with Gasteiger partial charge in [0.2, 0.25) is 0 Å². The van der Waals surface area contributed by atoms with Crippen LogP contribution in [-0.2, 0) is 9.84 Å². The Bertz CT molecular complexity index is 544. The lowest BCUT2D eigenvalue weighted by atomic mass is 10.2. The van der Waals surface area contributed by atoms with E-state index < -0.39 is 27.5 Å². The van der Waals surface area contributed by atoms with Gasteiger partial charge in [-0.15, -0.1) is 12.4 Å². The second-order valence-electron chi connectivity index (χ2n) is 3.67. The predicted octanol–water partition coefficient (Wildman–Crippen LogP) is 2.59. The minimum absolute atomic E-state index is 0. The van der Waals surface area contributed by atoms with Crippen LogP contribution in [0.5, 0.6) is 0 Å². The Kier molecular flexibility index (Phi) is 6.54. The SMILES string of the molecule is Cc1ccc(S(=O)(=O)C(N)/C=C(\F)C(F)F)cc1.Cl. The lowest BCUT2D eigenvalue weighted by Gasteiger charge is -2.09. The second kappa shape index (κ2) is 6.93. The fourth-order valence-corrected chi connectivity index (χ4v) is 2.34. The summed E-state index contributed by atoms with van der Waals surface area (Å²) in [5.74, 6) is -1.85. The Hall–Kier alpha value is -1.05. The van der Waals surface area contributed by atoms with Crippen LogP contribution in [0, 0.1) is 6.92 Å². The molecule has 0 aliphatic rings. The standard InChI is InChI=1S/C11H12F3NO2S.ClH/c1-7-2-4-8(5-3-7)18(16,17)10(15)6-9(12)11(13)14;/h2-6,10-11H,15H2,1H3;1H/b9-6-;. The number of nitrogens with two attached hydrogens (primary N) is 1. The van der Waals surface area contributed by atoms with Gasteiger partial charge in [-0.25, -0.2) is 21.6 Å². The van der Waals surface area contributed by atoms with Gasteiger partial charge in [-0.2, -0.15) is 0 Å². The van der Waals surface area contributed by atoms with Gasteiger partial charge in [0.1, 0.15) is 5.37 Å². The maximum absolute atomic E-state index is 12.7. The number of aryl methyl sites for hydroxylation is 1. The third-order valence-corrected chi connectivity index (χ3v) is 4.02. The van der Waals surface area contributed by atoms with Crippen LogP contribution in [0.4, 0.5) is 13.2 Å². The van der Waals surface area contributed by atoms with Crippen LogP contribution in [0.2, 0.25) is 0 Å². The van der Waals surface area contributed by atoms with E-state index in [1.54, 1.807) is 6.92 Å². The molecule has 0 saturated carbocycles. The zero-order valence-corrected chi connectivity index (χ0v) is 11.5. The third kappa shape index (κ3) is 4.52. The van der Waals surface area contributed by atoms with Crippen molar-refractivity contribution in [2.24, 2.45) is 5.73 Å². The van der Waals surface area contributed by atoms with Crippen LogP contribution in [0.3, 0.4) is 0 Å². The van der Waals surface area contributed by atoms with Gasteiger partial charge in [0.05, 0.1) is 4.90 Å². The summed E-state index contributed by atoms with van der Waals surface area (Å²) in [7, 11) is -4.06. The van der Waals surface area contributed by atoms with Gasteiger partial charge in [-0.3, -0.25) is 0 Å². The molecule has 108 valence electrons. The molecule has 19 heavy (non-hydrogen) atoms. The molecule has 1 aromatic rings. The first kappa shape index (κ1) is 17.9. The highest BCUT2D eigenvalue weighted by Crippen LogP contribution is 2.18. The van der Waals surface area contributed by atoms with E-state index in [1.807, 2.05) is 0 Å². The van der Waals surface area contributed by atoms with E-state index >= 15 is 0 Å². The highest BCUT2D eigenvalue weighted by molar-refractivity contribution is 7.92. The molecule has 1 unspecified atom stereocenters. The number of benzene rings is 1. The molecule has 0 aliphatic heterocycles. The molecule has 0 fully saturated rings. The van der Waals surface area contributed by atoms with Crippen molar-refractivity contribution in [1.29, 1.82) is 0 Å². The van der Waals surface area contributed by atoms with Crippen molar-refractivity contribution in [3.63, 3.8) is 0 Å². The summed E-state index contributed by atoms with van der Waals surface area (Å²) in [6, 6.07) is 5.65. The molecule has 0 amide bonds. The van der Waals surface area contributed by atoms with Crippen LogP contribution in [0.25, 0.3) is 0 Å². The van der Waals surface area contributed by atoms with Gasteiger partial charge in [0.25, 0.3) is 6.43 Å². The molecule has 0 heterocycles. The average molecular weight is 316 g/mol. The lowest BCUT2D eigenvalue weighted by molar-refractivity contribution is 0.158. The topological polar surface area (TPSA) is 60.2 Å². The van der Waals surface area contributed by atoms with Crippen molar-refractivity contribution >= 4 is 22.2 Å². The van der Waals surface area contributed by atoms with Crippen molar-refractivity contribution in [2.75, 3.05) is 0 Å². The summed E-state index contributed by atoms with van der Waals surface area (Å²) in [5, 5.41) is -1.84. The fraction of sp³-hybridized carbons (Fsp3) is 0.273. The largest absolute Gasteiger partial charge is 0.312 e. The number of allylic oxidation sites excluding steroid dienone is 1. The van der Waals surface area contributed by atoms with Crippen molar-refractivity contribution in [3.8, 4) is 0 Å². The molecule has 0 aliphatic carbocycles. The number of rotatable bonds is 4. The summed E-state index contributed by atoms with van der Waals surface area (Å²) >= 11 is 0. The number of sulfone groups is 1. The second-order valence-corrected chi connectivity index (χ2v) is 5.78. The predicted molar refractivity (Wildman–Crippen MR) is 68.8 cm³/mol. The monoisotopic (exact) mass is 315 g/mol. The molecule has 1 atom stereocenters. The van der Waals surface area contributed by atoms with Gasteiger partial charge in [-0.1, -0.05) is 17.7 Å². The molecule has 0 radical (unpaired) electrons. The molecule has 0 bridgehead atoms. The van der Waals surface area contributed by atoms with E-state index in [1.165, 1.54) is 24.3 Å². The van der Waals surface area contributed by atoms with Gasteiger partial charge in [0, 0.05) is 0 Å². The van der Waals surface area contributed by atoms with Gasteiger partial charge in [0.15, 0.2) is 15.7 Å². The number of halogens is 4. The zero-order chi connectivity index (χ0) is 13.9. The van der Waals surface area contributed by atoms with Crippen LogP contribution in [0.1, 0.15) is 5.56 Å². The first-order chi connectivity index (χ1) is 8.25. The van der Waals surface area contributed by atoms with Gasteiger partial charge in [-0.05, 0) is 25.1 Å². The number of alkyl halides is 2. The molecular formula is C11H13ClF3NO2S.